The highest BCUT2D eigenvalue weighted by atomic mass is 19.1. The first-order valence-corrected chi connectivity index (χ1v) is 55.2. The van der Waals surface area contributed by atoms with E-state index < -0.39 is 24.2 Å². The van der Waals surface area contributed by atoms with E-state index in [0.29, 0.717) is 116 Å². The first-order valence-electron chi connectivity index (χ1n) is 55.2. The minimum absolute atomic E-state index is 0.00522. The molecule has 8 fully saturated rings. The second kappa shape index (κ2) is 54.0. The Morgan fingerprint density at radius 3 is 1.13 bits per heavy atom. The van der Waals surface area contributed by atoms with Crippen molar-refractivity contribution in [3.05, 3.63) is 216 Å². The molecule has 10 atom stereocenters. The summed E-state index contributed by atoms with van der Waals surface area (Å²) in [6.07, 6.45) is 28.1. The van der Waals surface area contributed by atoms with Gasteiger partial charge in [0.1, 0.15) is 69.4 Å². The fourth-order valence-corrected chi connectivity index (χ4v) is 23.1. The van der Waals surface area contributed by atoms with Gasteiger partial charge in [0.2, 0.25) is 0 Å². The second-order valence-electron chi connectivity index (χ2n) is 42.8. The van der Waals surface area contributed by atoms with E-state index in [9.17, 15) is 36.7 Å². The predicted octanol–water partition coefficient (Wildman–Crippen LogP) is 19.2. The minimum Gasteiger partial charge on any atom is -0.496 e. The number of Topliss-reactive ketones (excluding diaryl/α,β-unsaturated/α-hetero) is 4. The molecular formula is C118H156F4N12O15. The van der Waals surface area contributed by atoms with Gasteiger partial charge in [-0.2, -0.15) is 0 Å². The van der Waals surface area contributed by atoms with E-state index in [1.807, 2.05) is 19.1 Å². The fraction of sp³-hybridized carbons (Fsp3) is 0.593. The number of likely N-dealkylation sites (tertiary alicyclic amines) is 4. The van der Waals surface area contributed by atoms with Gasteiger partial charge in [-0.3, -0.25) is 38.8 Å². The molecule has 31 heteroatoms. The second-order valence-corrected chi connectivity index (χ2v) is 42.8. The van der Waals surface area contributed by atoms with E-state index >= 15 is 0 Å². The zero-order valence-electron chi connectivity index (χ0n) is 88.5. The van der Waals surface area contributed by atoms with Crippen LogP contribution in [0.1, 0.15) is 283 Å². The number of ketones is 4. The van der Waals surface area contributed by atoms with Crippen molar-refractivity contribution in [3.63, 3.8) is 0 Å². The van der Waals surface area contributed by atoms with Gasteiger partial charge in [-0.25, -0.2) is 37.5 Å². The lowest BCUT2D eigenvalue weighted by molar-refractivity contribution is -0.204. The molecule has 15 heterocycles. The molecule has 7 saturated heterocycles. The molecule has 1 saturated carbocycles. The summed E-state index contributed by atoms with van der Waals surface area (Å²) in [6.45, 7) is 24.8. The fourth-order valence-electron chi connectivity index (χ4n) is 23.1. The Kier molecular flexibility index (Phi) is 39.9. The molecule has 4 N–H and O–H groups in total. The number of hydrogen-bond acceptors (Lipinski definition) is 27. The number of unbranched alkanes of at least 4 members (excludes halogenated alkanes) is 4. The molecule has 4 aromatic heterocycles. The Morgan fingerprint density at radius 2 is 0.752 bits per heavy atom. The van der Waals surface area contributed by atoms with Crippen LogP contribution in [-0.4, -0.2) is 258 Å². The van der Waals surface area contributed by atoms with E-state index in [0.717, 1.165) is 305 Å². The number of anilines is 4. The summed E-state index contributed by atoms with van der Waals surface area (Å²) in [5.41, 5.74) is 14.9. The SMILES string of the molecule is CC(=O)C(c1cc(F)ccc1[C@@H]1CCOC1)N1CC[C@@H](OCCCCc2ccc3c(n2)NCCC3)C1.CC(=O)[C@H](c1cc(F)ccc1[C@H]1CCOC1)N1CC[C@@H](OCCCCc2ccc3c(n2)NCCC3)C1.COc1cc(CCCCO[C@@H]2CCN([C@H](C(C)=O)c3cc(F)ccc3COC3(C)COC3)C2)nc2c1CCCN2.COc1cc(CCCCO[C@@H]2CCN([C@H](C(C)=O)c3cc(F)ccc3OC3CC3)C2)nc2c1CCCN2. The maximum atomic E-state index is 14.3. The third kappa shape index (κ3) is 30.1. The number of carbonyl (C=O) groups excluding carboxylic acids is 4. The first-order chi connectivity index (χ1) is 72.5. The highest BCUT2D eigenvalue weighted by molar-refractivity contribution is 5.85. The Balaban J connectivity index is 0.000000135. The summed E-state index contributed by atoms with van der Waals surface area (Å²) in [5.74, 6) is 5.75. The molecule has 12 aliphatic rings. The number of halogens is 4. The third-order valence-corrected chi connectivity index (χ3v) is 31.1. The Hall–Kier alpha value is -10.0. The highest BCUT2D eigenvalue weighted by Gasteiger charge is 2.42. The van der Waals surface area contributed by atoms with Crippen LogP contribution in [-0.2, 0) is 115 Å². The van der Waals surface area contributed by atoms with Crippen molar-refractivity contribution in [1.29, 1.82) is 0 Å². The maximum absolute atomic E-state index is 14.3. The molecule has 1 unspecified atom stereocenters. The van der Waals surface area contributed by atoms with Crippen LogP contribution in [0.4, 0.5) is 40.8 Å². The zero-order chi connectivity index (χ0) is 104. The van der Waals surface area contributed by atoms with Gasteiger partial charge in [0.25, 0.3) is 0 Å². The van der Waals surface area contributed by atoms with Crippen LogP contribution in [0.15, 0.2) is 109 Å². The Labute approximate surface area is 876 Å². The number of methoxy groups -OCH3 is 2. The Morgan fingerprint density at radius 1 is 0.389 bits per heavy atom. The molecule has 8 aromatic rings. The molecule has 20 rings (SSSR count). The van der Waals surface area contributed by atoms with Gasteiger partial charge in [-0.1, -0.05) is 30.3 Å². The van der Waals surface area contributed by atoms with Gasteiger partial charge in [-0.15, -0.1) is 0 Å². The van der Waals surface area contributed by atoms with Crippen LogP contribution in [0, 0.1) is 23.3 Å². The van der Waals surface area contributed by atoms with Gasteiger partial charge in [0, 0.05) is 182 Å². The summed E-state index contributed by atoms with van der Waals surface area (Å²) in [7, 11) is 3.44. The van der Waals surface area contributed by atoms with Gasteiger partial charge < -0.3 is 73.4 Å². The lowest BCUT2D eigenvalue weighted by atomic mass is 9.88. The van der Waals surface area contributed by atoms with Crippen molar-refractivity contribution in [2.45, 2.75) is 293 Å². The molecule has 4 aromatic carbocycles. The van der Waals surface area contributed by atoms with Crippen LogP contribution in [0.2, 0.25) is 0 Å². The molecule has 0 amide bonds. The average molecular weight is 2060 g/mol. The van der Waals surface area contributed by atoms with Crippen LogP contribution in [0.3, 0.4) is 0 Å². The zero-order valence-corrected chi connectivity index (χ0v) is 88.5. The number of aromatic nitrogens is 4. The van der Waals surface area contributed by atoms with Gasteiger partial charge in [-0.05, 0) is 326 Å². The molecule has 11 aliphatic heterocycles. The van der Waals surface area contributed by atoms with E-state index in [-0.39, 0.29) is 94.4 Å². The number of pyridine rings is 4. The van der Waals surface area contributed by atoms with Crippen molar-refractivity contribution in [1.82, 2.24) is 39.5 Å². The van der Waals surface area contributed by atoms with Gasteiger partial charge in [0.05, 0.1) is 102 Å². The quantitative estimate of drug-likeness (QED) is 0.0204. The molecule has 0 spiro atoms. The first kappa shape index (κ1) is 110. The number of aryl methyl sites for hydroxylation is 6. The topological polar surface area (TPSA) is 282 Å². The summed E-state index contributed by atoms with van der Waals surface area (Å²) < 4.78 is 122. The number of hydrogen-bond donors (Lipinski definition) is 4. The predicted molar refractivity (Wildman–Crippen MR) is 566 cm³/mol. The molecular weight excluding hydrogens is 1900 g/mol. The molecule has 806 valence electrons. The summed E-state index contributed by atoms with van der Waals surface area (Å²) in [5, 5.41) is 13.6. The number of nitrogens with one attached hydrogen (secondary N) is 4. The van der Waals surface area contributed by atoms with Crippen molar-refractivity contribution in [2.24, 2.45) is 0 Å². The van der Waals surface area contributed by atoms with Crippen molar-refractivity contribution in [2.75, 3.05) is 180 Å². The van der Waals surface area contributed by atoms with E-state index in [1.165, 1.54) is 71.5 Å². The lowest BCUT2D eigenvalue weighted by Gasteiger charge is -2.38. The molecule has 0 radical (unpaired) electrons. The average Bonchev–Trinajstić information content (AvgIpc) is 1.72. The van der Waals surface area contributed by atoms with Crippen LogP contribution < -0.4 is 35.5 Å². The number of carbonyl (C=O) groups is 4. The van der Waals surface area contributed by atoms with Crippen LogP contribution >= 0.6 is 0 Å². The van der Waals surface area contributed by atoms with Gasteiger partial charge >= 0.3 is 0 Å². The van der Waals surface area contributed by atoms with E-state index in [2.05, 4.69) is 77.3 Å². The summed E-state index contributed by atoms with van der Waals surface area (Å²) in [6, 6.07) is 29.9. The van der Waals surface area contributed by atoms with Crippen molar-refractivity contribution >= 4 is 46.4 Å². The van der Waals surface area contributed by atoms with Crippen LogP contribution in [0.25, 0.3) is 0 Å². The van der Waals surface area contributed by atoms with E-state index in [4.69, 9.17) is 72.0 Å². The number of ether oxygens (including phenoxy) is 11. The van der Waals surface area contributed by atoms with E-state index in [1.54, 1.807) is 66.2 Å². The largest absolute Gasteiger partial charge is 0.496 e. The molecule has 27 nitrogen and oxygen atoms in total. The number of nitrogens with zero attached hydrogens (tertiary/aromatic N) is 8. The number of benzene rings is 4. The lowest BCUT2D eigenvalue weighted by Crippen LogP contribution is -2.49. The maximum Gasteiger partial charge on any atom is 0.151 e. The summed E-state index contributed by atoms with van der Waals surface area (Å²) in [4.78, 5) is 78.9. The molecule has 1 aliphatic carbocycles. The van der Waals surface area contributed by atoms with Crippen molar-refractivity contribution in [3.8, 4) is 17.2 Å². The summed E-state index contributed by atoms with van der Waals surface area (Å²) >= 11 is 0. The standard InChI is InChI=1S/C31H42FN3O5.C29H38FN3O4.2C29H38FN3O3/c1-21(36)29(27-15-23(32)10-9-22(27)18-40-31(2)19-38-20-31)35-13-11-25(17-35)39-14-5-4-7-24-16-28(37-3)26-8-6-12-33-30(26)34-24;1-19(34)28(25-16-20(30)8-11-26(25)37-22-9-10-22)33-14-12-23(18-33)36-15-4-3-6-21-17-27(35-2)24-7-5-13-31-29(24)32-21;2*1-20(34)28(27-17-23(30)8-10-26(27)22-12-16-35-19-22)33-14-11-25(18-33)36-15-3-2-6-24-9-7-21-5-4-13-31-29(21)32-24/h9-10,15-16,25,29H,4-8,11-14,17-20H2,1-3H3,(H,33,34);8,11,16-17,22-23,28H,3-7,9-10,12-15,18H2,1-2H3,(H,31,32);2*7-10,17,22,25,28H,2-6,11-16,18-19H2,1H3,(H,31,32)/t25-,29-;23-,28-;22-,25+,28+;22-,25-,28?/m1101/s1. The van der Waals surface area contributed by atoms with Crippen molar-refractivity contribution < 1.29 is 88.8 Å². The normalized spacial score (nSPS) is 21.7. The highest BCUT2D eigenvalue weighted by Crippen LogP contribution is 2.44. The molecule has 0 bridgehead atoms. The van der Waals surface area contributed by atoms with Gasteiger partial charge in [0.15, 0.2) is 23.1 Å². The third-order valence-electron chi connectivity index (χ3n) is 31.1. The Bertz CT molecular complexity index is 5580. The number of fused-ring (bicyclic) bond motifs is 4. The molecule has 149 heavy (non-hydrogen) atoms. The number of rotatable bonds is 45. The smallest absolute Gasteiger partial charge is 0.151 e. The minimum atomic E-state index is -0.521. The van der Waals surface area contributed by atoms with Crippen LogP contribution in [0.5, 0.6) is 17.2 Å². The monoisotopic (exact) mass is 2060 g/mol.